The number of para-hydroxylation sites is 1. The molecule has 0 spiro atoms. The van der Waals surface area contributed by atoms with Crippen LogP contribution in [-0.2, 0) is 16.6 Å². The molecule has 10 heteroatoms. The van der Waals surface area contributed by atoms with E-state index in [1.165, 1.54) is 45.4 Å². The molecule has 0 radical (unpaired) electrons. The molecular weight excluding hydrogens is 447 g/mol. The van der Waals surface area contributed by atoms with Crippen LogP contribution in [0.4, 0.5) is 4.39 Å². The number of aryl methyl sites for hydroxylation is 1. The molecule has 1 amide bonds. The molecule has 8 nitrogen and oxygen atoms in total. The first-order chi connectivity index (χ1) is 15.7. The highest BCUT2D eigenvalue weighted by molar-refractivity contribution is 7.89. The van der Waals surface area contributed by atoms with Crippen molar-refractivity contribution in [3.05, 3.63) is 87.6 Å². The summed E-state index contributed by atoms with van der Waals surface area (Å²) < 4.78 is 41.9. The Labute approximate surface area is 191 Å². The summed E-state index contributed by atoms with van der Waals surface area (Å²) in [6.45, 7) is 5.92. The number of carbonyl (C=O) groups excluding carboxylic acids is 1. The van der Waals surface area contributed by atoms with Crippen LogP contribution in [0, 0.1) is 12.7 Å². The van der Waals surface area contributed by atoms with Crippen molar-refractivity contribution >= 4 is 15.9 Å². The number of halogens is 1. The van der Waals surface area contributed by atoms with Crippen LogP contribution in [-0.4, -0.2) is 41.5 Å². The highest BCUT2D eigenvalue weighted by atomic mass is 32.2. The molecule has 3 aromatic rings. The van der Waals surface area contributed by atoms with E-state index < -0.39 is 27.2 Å². The van der Waals surface area contributed by atoms with Crippen LogP contribution >= 0.6 is 0 Å². The maximum Gasteiger partial charge on any atom is 0.276 e. The normalized spacial score (nSPS) is 11.5. The van der Waals surface area contributed by atoms with Crippen molar-refractivity contribution < 1.29 is 17.6 Å². The Morgan fingerprint density at radius 2 is 1.73 bits per heavy atom. The van der Waals surface area contributed by atoms with E-state index in [1.807, 2.05) is 0 Å². The van der Waals surface area contributed by atoms with E-state index in [9.17, 15) is 22.4 Å². The highest BCUT2D eigenvalue weighted by Crippen LogP contribution is 2.16. The van der Waals surface area contributed by atoms with Gasteiger partial charge in [-0.2, -0.15) is 9.40 Å². The number of hydrogen-bond acceptors (Lipinski definition) is 5. The second kappa shape index (κ2) is 10.1. The largest absolute Gasteiger partial charge is 0.346 e. The fourth-order valence-electron chi connectivity index (χ4n) is 3.33. The van der Waals surface area contributed by atoms with E-state index in [4.69, 9.17) is 0 Å². The van der Waals surface area contributed by atoms with Gasteiger partial charge < -0.3 is 5.32 Å². The molecule has 1 heterocycles. The molecule has 174 valence electrons. The zero-order valence-electron chi connectivity index (χ0n) is 18.6. The number of carbonyl (C=O) groups is 1. The average molecular weight is 473 g/mol. The third kappa shape index (κ3) is 5.18. The number of benzene rings is 2. The maximum atomic E-state index is 14.2. The van der Waals surface area contributed by atoms with E-state index in [2.05, 4.69) is 10.4 Å². The number of amides is 1. The van der Waals surface area contributed by atoms with Crippen LogP contribution in [0.3, 0.4) is 0 Å². The lowest BCUT2D eigenvalue weighted by atomic mass is 10.2. The predicted octanol–water partition coefficient (Wildman–Crippen LogP) is 2.64. The number of aromatic nitrogens is 2. The van der Waals surface area contributed by atoms with Crippen LogP contribution in [0.2, 0.25) is 0 Å². The molecule has 0 aliphatic heterocycles. The van der Waals surface area contributed by atoms with Crippen LogP contribution < -0.4 is 10.7 Å². The van der Waals surface area contributed by atoms with Crippen molar-refractivity contribution in [1.29, 1.82) is 0 Å². The Morgan fingerprint density at radius 1 is 1.09 bits per heavy atom. The minimum Gasteiger partial charge on any atom is -0.346 e. The summed E-state index contributed by atoms with van der Waals surface area (Å²) >= 11 is 0. The summed E-state index contributed by atoms with van der Waals surface area (Å²) in [5, 5.41) is 6.67. The van der Waals surface area contributed by atoms with Gasteiger partial charge in [0.15, 0.2) is 5.69 Å². The second-order valence-corrected chi connectivity index (χ2v) is 9.22. The van der Waals surface area contributed by atoms with Crippen molar-refractivity contribution in [3.63, 3.8) is 0 Å². The Bertz CT molecular complexity index is 1320. The van der Waals surface area contributed by atoms with Crippen molar-refractivity contribution in [2.45, 2.75) is 32.2 Å². The fraction of sp³-hybridized carbons (Fsp3) is 0.261. The molecule has 0 aliphatic carbocycles. The first-order valence-electron chi connectivity index (χ1n) is 10.4. The van der Waals surface area contributed by atoms with Crippen molar-refractivity contribution in [1.82, 2.24) is 19.4 Å². The quantitative estimate of drug-likeness (QED) is 0.543. The molecule has 2 aromatic carbocycles. The number of sulfonamides is 1. The first kappa shape index (κ1) is 24.3. The van der Waals surface area contributed by atoms with E-state index in [0.717, 1.165) is 0 Å². The van der Waals surface area contributed by atoms with Gasteiger partial charge in [-0.15, -0.1) is 0 Å². The third-order valence-corrected chi connectivity index (χ3v) is 7.19. The van der Waals surface area contributed by atoms with Gasteiger partial charge in [0.05, 0.1) is 4.90 Å². The summed E-state index contributed by atoms with van der Waals surface area (Å²) in [6.07, 6.45) is 0. The molecule has 0 unspecified atom stereocenters. The minimum absolute atomic E-state index is 0.0547. The SMILES string of the molecule is CCN(CC)S(=O)(=O)c1ccc(CNC(=O)c2nn(-c3ccccc3F)c(C)cc2=O)cc1. The van der Waals surface area contributed by atoms with Crippen LogP contribution in [0.1, 0.15) is 35.6 Å². The van der Waals surface area contributed by atoms with Crippen LogP contribution in [0.5, 0.6) is 0 Å². The molecule has 0 saturated carbocycles. The molecule has 0 atom stereocenters. The Balaban J connectivity index is 1.78. The van der Waals surface area contributed by atoms with Gasteiger partial charge in [0.2, 0.25) is 15.5 Å². The van der Waals surface area contributed by atoms with Gasteiger partial charge >= 0.3 is 0 Å². The zero-order valence-corrected chi connectivity index (χ0v) is 19.4. The molecule has 1 aromatic heterocycles. The molecule has 0 aliphatic rings. The standard InChI is InChI=1S/C23H25FN4O4S/c1-4-27(5-2)33(31,32)18-12-10-17(11-13-18)15-25-23(30)22-21(29)14-16(3)28(26-22)20-9-7-6-8-19(20)24/h6-14H,4-5,15H2,1-3H3,(H,25,30). The topological polar surface area (TPSA) is 101 Å². The number of hydrogen-bond donors (Lipinski definition) is 1. The first-order valence-corrected chi connectivity index (χ1v) is 11.9. The smallest absolute Gasteiger partial charge is 0.276 e. The van der Waals surface area contributed by atoms with Crippen molar-refractivity contribution in [2.24, 2.45) is 0 Å². The summed E-state index contributed by atoms with van der Waals surface area (Å²) in [5.74, 6) is -1.26. The van der Waals surface area contributed by atoms with Gasteiger partial charge in [0.25, 0.3) is 5.91 Å². The highest BCUT2D eigenvalue weighted by Gasteiger charge is 2.21. The van der Waals surface area contributed by atoms with Crippen molar-refractivity contribution in [2.75, 3.05) is 13.1 Å². The van der Waals surface area contributed by atoms with E-state index in [-0.39, 0.29) is 22.8 Å². The molecule has 3 rings (SSSR count). The monoisotopic (exact) mass is 472 g/mol. The lowest BCUT2D eigenvalue weighted by Gasteiger charge is -2.18. The molecule has 33 heavy (non-hydrogen) atoms. The summed E-state index contributed by atoms with van der Waals surface area (Å²) in [4.78, 5) is 25.1. The predicted molar refractivity (Wildman–Crippen MR) is 122 cm³/mol. The van der Waals surface area contributed by atoms with Gasteiger partial charge in [-0.05, 0) is 36.8 Å². The van der Waals surface area contributed by atoms with Gasteiger partial charge in [0, 0.05) is 31.4 Å². The summed E-state index contributed by atoms with van der Waals surface area (Å²) in [5.41, 5.74) is 0.187. The van der Waals surface area contributed by atoms with Gasteiger partial charge in [0.1, 0.15) is 11.5 Å². The lowest BCUT2D eigenvalue weighted by Crippen LogP contribution is -2.32. The fourth-order valence-corrected chi connectivity index (χ4v) is 4.79. The Morgan fingerprint density at radius 3 is 2.33 bits per heavy atom. The van der Waals surface area contributed by atoms with Crippen LogP contribution in [0.25, 0.3) is 5.69 Å². The lowest BCUT2D eigenvalue weighted by molar-refractivity contribution is 0.0943. The van der Waals surface area contributed by atoms with Gasteiger partial charge in [-0.25, -0.2) is 17.5 Å². The third-order valence-electron chi connectivity index (χ3n) is 5.12. The van der Waals surface area contributed by atoms with E-state index in [0.29, 0.717) is 24.3 Å². The number of rotatable bonds is 8. The minimum atomic E-state index is -3.58. The number of nitrogens with zero attached hydrogens (tertiary/aromatic N) is 3. The average Bonchev–Trinajstić information content (AvgIpc) is 2.79. The van der Waals surface area contributed by atoms with Crippen molar-refractivity contribution in [3.8, 4) is 5.69 Å². The van der Waals surface area contributed by atoms with E-state index >= 15 is 0 Å². The Kier molecular flexibility index (Phi) is 7.39. The zero-order chi connectivity index (χ0) is 24.2. The molecule has 0 saturated heterocycles. The molecular formula is C23H25FN4O4S. The molecule has 1 N–H and O–H groups in total. The van der Waals surface area contributed by atoms with E-state index in [1.54, 1.807) is 39.0 Å². The maximum absolute atomic E-state index is 14.2. The number of nitrogens with one attached hydrogen (secondary N) is 1. The van der Waals surface area contributed by atoms with Crippen LogP contribution in [0.15, 0.2) is 64.3 Å². The summed E-state index contributed by atoms with van der Waals surface area (Å²) in [6, 6.07) is 13.3. The second-order valence-electron chi connectivity index (χ2n) is 7.28. The molecule has 0 bridgehead atoms. The summed E-state index contributed by atoms with van der Waals surface area (Å²) in [7, 11) is -3.58. The van der Waals surface area contributed by atoms with Gasteiger partial charge in [-0.3, -0.25) is 9.59 Å². The van der Waals surface area contributed by atoms with Gasteiger partial charge in [-0.1, -0.05) is 38.1 Å². The molecule has 0 fully saturated rings. The Hall–Kier alpha value is -3.37.